The van der Waals surface area contributed by atoms with Crippen LogP contribution in [-0.2, 0) is 9.53 Å². The van der Waals surface area contributed by atoms with Gasteiger partial charge in [0.1, 0.15) is 0 Å². The predicted molar refractivity (Wildman–Crippen MR) is 90.8 cm³/mol. The summed E-state index contributed by atoms with van der Waals surface area (Å²) in [5.41, 5.74) is 3.07. The standard InChI is InChI=1S/C18H26N2O3/c1-4-23-18(22)15-10-13(2)17(14(3)11-15)19-16(21)12-20-8-6-5-7-9-20/h10-11H,4-9,12H2,1-3H3,(H,19,21). The van der Waals surface area contributed by atoms with E-state index < -0.39 is 0 Å². The van der Waals surface area contributed by atoms with Gasteiger partial charge in [-0.05, 0) is 70.0 Å². The van der Waals surface area contributed by atoms with Crippen molar-refractivity contribution < 1.29 is 14.3 Å². The molecule has 5 heteroatoms. The molecule has 1 aliphatic heterocycles. The monoisotopic (exact) mass is 318 g/mol. The molecule has 1 aliphatic rings. The molecule has 0 radical (unpaired) electrons. The highest BCUT2D eigenvalue weighted by molar-refractivity contribution is 5.96. The van der Waals surface area contributed by atoms with Crippen molar-refractivity contribution in [3.05, 3.63) is 28.8 Å². The zero-order chi connectivity index (χ0) is 16.8. The van der Waals surface area contributed by atoms with E-state index in [2.05, 4.69) is 10.2 Å². The molecule has 0 spiro atoms. The van der Waals surface area contributed by atoms with Gasteiger partial charge < -0.3 is 10.1 Å². The van der Waals surface area contributed by atoms with E-state index in [4.69, 9.17) is 4.74 Å². The first-order valence-electron chi connectivity index (χ1n) is 8.32. The Morgan fingerprint density at radius 2 is 1.74 bits per heavy atom. The molecule has 1 heterocycles. The van der Waals surface area contributed by atoms with Crippen molar-refractivity contribution >= 4 is 17.6 Å². The Bertz CT molecular complexity index is 555. The second-order valence-electron chi connectivity index (χ2n) is 6.09. The summed E-state index contributed by atoms with van der Waals surface area (Å²) in [5.74, 6) is -0.327. The molecule has 0 atom stereocenters. The highest BCUT2D eigenvalue weighted by Gasteiger charge is 2.16. The van der Waals surface area contributed by atoms with Gasteiger partial charge >= 0.3 is 5.97 Å². The van der Waals surface area contributed by atoms with Crippen LogP contribution < -0.4 is 5.32 Å². The van der Waals surface area contributed by atoms with Crippen molar-refractivity contribution in [3.63, 3.8) is 0 Å². The van der Waals surface area contributed by atoms with E-state index in [0.29, 0.717) is 18.7 Å². The van der Waals surface area contributed by atoms with Crippen LogP contribution >= 0.6 is 0 Å². The molecule has 1 N–H and O–H groups in total. The Morgan fingerprint density at radius 1 is 1.13 bits per heavy atom. The van der Waals surface area contributed by atoms with Crippen LogP contribution in [0.2, 0.25) is 0 Å². The molecule has 126 valence electrons. The van der Waals surface area contributed by atoms with Gasteiger partial charge in [-0.1, -0.05) is 6.42 Å². The number of carbonyl (C=O) groups is 2. The molecule has 0 aromatic heterocycles. The predicted octanol–water partition coefficient (Wildman–Crippen LogP) is 2.90. The minimum absolute atomic E-state index is 0.00184. The molecule has 0 saturated carbocycles. The minimum Gasteiger partial charge on any atom is -0.462 e. The van der Waals surface area contributed by atoms with E-state index >= 15 is 0 Å². The smallest absolute Gasteiger partial charge is 0.338 e. The Balaban J connectivity index is 2.04. The van der Waals surface area contributed by atoms with Crippen molar-refractivity contribution in [2.24, 2.45) is 0 Å². The molecule has 5 nitrogen and oxygen atoms in total. The number of hydrogen-bond donors (Lipinski definition) is 1. The van der Waals surface area contributed by atoms with Gasteiger partial charge in [-0.3, -0.25) is 9.69 Å². The number of esters is 1. The van der Waals surface area contributed by atoms with Gasteiger partial charge in [0.2, 0.25) is 5.91 Å². The van der Waals surface area contributed by atoms with Gasteiger partial charge in [0.15, 0.2) is 0 Å². The molecule has 1 aromatic rings. The third-order valence-electron chi connectivity index (χ3n) is 4.12. The molecule has 1 saturated heterocycles. The molecule has 0 bridgehead atoms. The number of amides is 1. The number of ether oxygens (including phenoxy) is 1. The van der Waals surface area contributed by atoms with E-state index in [0.717, 1.165) is 29.9 Å². The molecular formula is C18H26N2O3. The summed E-state index contributed by atoms with van der Waals surface area (Å²) in [6.07, 6.45) is 3.59. The summed E-state index contributed by atoms with van der Waals surface area (Å²) in [7, 11) is 0. The third kappa shape index (κ3) is 4.79. The zero-order valence-electron chi connectivity index (χ0n) is 14.3. The van der Waals surface area contributed by atoms with Crippen molar-refractivity contribution in [2.45, 2.75) is 40.0 Å². The molecule has 0 aliphatic carbocycles. The lowest BCUT2D eigenvalue weighted by Crippen LogP contribution is -2.37. The fourth-order valence-electron chi connectivity index (χ4n) is 2.99. The number of nitrogens with one attached hydrogen (secondary N) is 1. The maximum atomic E-state index is 12.3. The van der Waals surface area contributed by atoms with Gasteiger partial charge in [0.05, 0.1) is 18.7 Å². The number of likely N-dealkylation sites (tertiary alicyclic amines) is 1. The molecule has 1 amide bonds. The highest BCUT2D eigenvalue weighted by Crippen LogP contribution is 2.23. The summed E-state index contributed by atoms with van der Waals surface area (Å²) < 4.78 is 5.03. The van der Waals surface area contributed by atoms with Crippen LogP contribution in [0.1, 0.15) is 47.7 Å². The number of benzene rings is 1. The van der Waals surface area contributed by atoms with E-state index in [-0.39, 0.29) is 11.9 Å². The second-order valence-corrected chi connectivity index (χ2v) is 6.09. The van der Waals surface area contributed by atoms with Crippen LogP contribution in [0.5, 0.6) is 0 Å². The summed E-state index contributed by atoms with van der Waals surface area (Å²) in [5, 5.41) is 2.99. The number of hydrogen-bond acceptors (Lipinski definition) is 4. The van der Waals surface area contributed by atoms with E-state index in [1.165, 1.54) is 19.3 Å². The van der Waals surface area contributed by atoms with Crippen LogP contribution in [0.4, 0.5) is 5.69 Å². The number of carbonyl (C=O) groups excluding carboxylic acids is 2. The normalized spacial score (nSPS) is 15.3. The summed E-state index contributed by atoms with van der Waals surface area (Å²) in [6.45, 7) is 8.34. The first kappa shape index (κ1) is 17.5. The first-order chi connectivity index (χ1) is 11.0. The molecule has 0 unspecified atom stereocenters. The SMILES string of the molecule is CCOC(=O)c1cc(C)c(NC(=O)CN2CCCCC2)c(C)c1. The fraction of sp³-hybridized carbons (Fsp3) is 0.556. The van der Waals surface area contributed by atoms with Crippen molar-refractivity contribution in [3.8, 4) is 0 Å². The maximum absolute atomic E-state index is 12.3. The van der Waals surface area contributed by atoms with Crippen molar-refractivity contribution in [1.29, 1.82) is 0 Å². The lowest BCUT2D eigenvalue weighted by atomic mass is 10.0. The van der Waals surface area contributed by atoms with Crippen molar-refractivity contribution in [1.82, 2.24) is 4.90 Å². The molecule has 23 heavy (non-hydrogen) atoms. The number of nitrogens with zero attached hydrogens (tertiary/aromatic N) is 1. The van der Waals surface area contributed by atoms with Crippen LogP contribution in [0, 0.1) is 13.8 Å². The Morgan fingerprint density at radius 3 is 2.30 bits per heavy atom. The summed E-state index contributed by atoms with van der Waals surface area (Å²) >= 11 is 0. The van der Waals surface area contributed by atoms with E-state index in [1.807, 2.05) is 13.8 Å². The Hall–Kier alpha value is -1.88. The minimum atomic E-state index is -0.329. The lowest BCUT2D eigenvalue weighted by Gasteiger charge is -2.26. The zero-order valence-corrected chi connectivity index (χ0v) is 14.3. The van der Waals surface area contributed by atoms with Gasteiger partial charge in [0.25, 0.3) is 0 Å². The van der Waals surface area contributed by atoms with Crippen molar-refractivity contribution in [2.75, 3.05) is 31.6 Å². The third-order valence-corrected chi connectivity index (χ3v) is 4.12. The van der Waals surface area contributed by atoms with Gasteiger partial charge in [0, 0.05) is 5.69 Å². The van der Waals surface area contributed by atoms with Gasteiger partial charge in [-0.25, -0.2) is 4.79 Å². The van der Waals surface area contributed by atoms with E-state index in [9.17, 15) is 9.59 Å². The largest absolute Gasteiger partial charge is 0.462 e. The number of piperidine rings is 1. The van der Waals surface area contributed by atoms with Gasteiger partial charge in [-0.2, -0.15) is 0 Å². The highest BCUT2D eigenvalue weighted by atomic mass is 16.5. The average Bonchev–Trinajstić information content (AvgIpc) is 2.52. The quantitative estimate of drug-likeness (QED) is 0.848. The maximum Gasteiger partial charge on any atom is 0.338 e. The lowest BCUT2D eigenvalue weighted by molar-refractivity contribution is -0.117. The fourth-order valence-corrected chi connectivity index (χ4v) is 2.99. The summed E-state index contributed by atoms with van der Waals surface area (Å²) in [6, 6.07) is 3.53. The molecule has 1 fully saturated rings. The number of anilines is 1. The molecule has 2 rings (SSSR count). The van der Waals surface area contributed by atoms with Crippen LogP contribution in [-0.4, -0.2) is 43.0 Å². The molecule has 1 aromatic carbocycles. The Kier molecular flexibility index (Phi) is 6.16. The number of aryl methyl sites for hydroxylation is 2. The Labute approximate surface area is 138 Å². The van der Waals surface area contributed by atoms with Crippen LogP contribution in [0.3, 0.4) is 0 Å². The second kappa shape index (κ2) is 8.11. The molecular weight excluding hydrogens is 292 g/mol. The average molecular weight is 318 g/mol. The summed E-state index contributed by atoms with van der Waals surface area (Å²) in [4.78, 5) is 26.3. The van der Waals surface area contributed by atoms with Crippen LogP contribution in [0.25, 0.3) is 0 Å². The van der Waals surface area contributed by atoms with Crippen LogP contribution in [0.15, 0.2) is 12.1 Å². The topological polar surface area (TPSA) is 58.6 Å². The first-order valence-corrected chi connectivity index (χ1v) is 8.32. The number of rotatable bonds is 5. The van der Waals surface area contributed by atoms with Gasteiger partial charge in [-0.15, -0.1) is 0 Å². The van der Waals surface area contributed by atoms with E-state index in [1.54, 1.807) is 19.1 Å².